The molecule has 1 atom stereocenters. The molecule has 140 valence electrons. The number of rotatable bonds is 5. The van der Waals surface area contributed by atoms with Crippen molar-refractivity contribution in [2.75, 3.05) is 25.0 Å². The fourth-order valence-corrected chi connectivity index (χ4v) is 3.66. The van der Waals surface area contributed by atoms with Crippen LogP contribution in [0.15, 0.2) is 48.5 Å². The van der Waals surface area contributed by atoms with E-state index in [1.54, 1.807) is 4.90 Å². The van der Waals surface area contributed by atoms with Gasteiger partial charge in [-0.15, -0.1) is 10.2 Å². The Morgan fingerprint density at radius 2 is 1.81 bits per heavy atom. The number of aromatic nitrogens is 2. The molecule has 1 aromatic heterocycles. The third kappa shape index (κ3) is 4.01. The van der Waals surface area contributed by atoms with Crippen LogP contribution >= 0.6 is 11.6 Å². The lowest BCUT2D eigenvalue weighted by atomic mass is 10.0. The molecule has 27 heavy (non-hydrogen) atoms. The molecule has 1 unspecified atom stereocenters. The van der Waals surface area contributed by atoms with E-state index in [1.165, 1.54) is 0 Å². The largest absolute Gasteiger partial charge is 0.364 e. The number of anilines is 1. The second kappa shape index (κ2) is 7.74. The van der Waals surface area contributed by atoms with Gasteiger partial charge in [-0.1, -0.05) is 48.0 Å². The van der Waals surface area contributed by atoms with Crippen LogP contribution in [0.3, 0.4) is 0 Å². The maximum atomic E-state index is 12.6. The van der Waals surface area contributed by atoms with Crippen LogP contribution in [0.5, 0.6) is 0 Å². The van der Waals surface area contributed by atoms with Gasteiger partial charge in [-0.05, 0) is 18.6 Å². The zero-order chi connectivity index (χ0) is 18.8. The van der Waals surface area contributed by atoms with Crippen molar-refractivity contribution in [3.63, 3.8) is 0 Å². The molecule has 0 spiro atoms. The van der Waals surface area contributed by atoms with E-state index < -0.39 is 6.43 Å². The minimum absolute atomic E-state index is 0.0860. The van der Waals surface area contributed by atoms with Gasteiger partial charge in [0.25, 0.3) is 6.43 Å². The number of nitrogens with zero attached hydrogens (tertiary/aromatic N) is 3. The molecule has 2 aromatic carbocycles. The number of halogens is 3. The Bertz CT molecular complexity index is 933. The second-order valence-corrected chi connectivity index (χ2v) is 7.17. The molecule has 4 nitrogen and oxygen atoms in total. The van der Waals surface area contributed by atoms with Gasteiger partial charge in [0.15, 0.2) is 5.82 Å². The molecular weight excluding hydrogens is 370 g/mol. The first-order valence-corrected chi connectivity index (χ1v) is 9.26. The lowest BCUT2D eigenvalue weighted by Crippen LogP contribution is -2.30. The van der Waals surface area contributed by atoms with Gasteiger partial charge in [0, 0.05) is 40.5 Å². The van der Waals surface area contributed by atoms with Crippen LogP contribution in [0.4, 0.5) is 14.6 Å². The summed E-state index contributed by atoms with van der Waals surface area (Å²) in [5, 5.41) is 14.8. The van der Waals surface area contributed by atoms with Gasteiger partial charge >= 0.3 is 0 Å². The van der Waals surface area contributed by atoms with Gasteiger partial charge in [0.2, 0.25) is 0 Å². The molecule has 0 bridgehead atoms. The highest BCUT2D eigenvalue weighted by Gasteiger charge is 2.25. The number of hydrogen-bond donors (Lipinski definition) is 1. The summed E-state index contributed by atoms with van der Waals surface area (Å²) in [6, 6.07) is 15.5. The maximum Gasteiger partial charge on any atom is 0.251 e. The summed E-state index contributed by atoms with van der Waals surface area (Å²) in [6.07, 6.45) is -1.50. The molecule has 0 aliphatic carbocycles. The third-order valence-corrected chi connectivity index (χ3v) is 5.07. The number of nitrogens with one attached hydrogen (secondary N) is 1. The maximum absolute atomic E-state index is 12.6. The summed E-state index contributed by atoms with van der Waals surface area (Å²) in [5.74, 6) is 0.687. The van der Waals surface area contributed by atoms with Crippen molar-refractivity contribution >= 4 is 28.2 Å². The van der Waals surface area contributed by atoms with E-state index in [1.807, 2.05) is 48.5 Å². The summed E-state index contributed by atoms with van der Waals surface area (Å²) >= 11 is 5.98. The van der Waals surface area contributed by atoms with E-state index in [4.69, 9.17) is 11.6 Å². The molecule has 1 aliphatic rings. The van der Waals surface area contributed by atoms with Crippen molar-refractivity contribution in [1.29, 1.82) is 0 Å². The van der Waals surface area contributed by atoms with Crippen LogP contribution in [0.1, 0.15) is 6.42 Å². The first-order valence-electron chi connectivity index (χ1n) is 8.88. The van der Waals surface area contributed by atoms with Gasteiger partial charge in [0.05, 0.1) is 6.54 Å². The van der Waals surface area contributed by atoms with Crippen LogP contribution in [0.25, 0.3) is 22.0 Å². The standard InChI is InChI=1S/C20H19ClF2N4/c21-14-7-5-13(6-8-14)19-16-3-1-2-4-17(16)20(26-25-19)24-15-9-10-27(11-15)12-18(22)23/h1-8,15,18H,9-12H2,(H,24,26). The molecule has 3 aromatic rings. The predicted octanol–water partition coefficient (Wildman–Crippen LogP) is 4.70. The lowest BCUT2D eigenvalue weighted by Gasteiger charge is -2.17. The minimum Gasteiger partial charge on any atom is -0.364 e. The molecule has 1 saturated heterocycles. The van der Waals surface area contributed by atoms with Crippen molar-refractivity contribution in [1.82, 2.24) is 15.1 Å². The Kier molecular flexibility index (Phi) is 5.18. The van der Waals surface area contributed by atoms with Crippen molar-refractivity contribution in [3.05, 3.63) is 53.6 Å². The number of benzene rings is 2. The molecular formula is C20H19ClF2N4. The van der Waals surface area contributed by atoms with Crippen LogP contribution in [-0.2, 0) is 0 Å². The zero-order valence-electron chi connectivity index (χ0n) is 14.6. The highest BCUT2D eigenvalue weighted by Crippen LogP contribution is 2.31. The van der Waals surface area contributed by atoms with E-state index >= 15 is 0 Å². The fourth-order valence-electron chi connectivity index (χ4n) is 3.54. The molecule has 7 heteroatoms. The average molecular weight is 389 g/mol. The van der Waals surface area contributed by atoms with Crippen molar-refractivity contribution in [3.8, 4) is 11.3 Å². The summed E-state index contributed by atoms with van der Waals surface area (Å²) in [7, 11) is 0. The Labute approximate surface area is 161 Å². The highest BCUT2D eigenvalue weighted by molar-refractivity contribution is 6.30. The van der Waals surface area contributed by atoms with Gasteiger partial charge in [-0.25, -0.2) is 8.78 Å². The van der Waals surface area contributed by atoms with Crippen LogP contribution < -0.4 is 5.32 Å². The van der Waals surface area contributed by atoms with Crippen LogP contribution in [0, 0.1) is 0 Å². The van der Waals surface area contributed by atoms with Crippen molar-refractivity contribution in [2.45, 2.75) is 18.9 Å². The molecule has 1 N–H and O–H groups in total. The Morgan fingerprint density at radius 3 is 2.56 bits per heavy atom. The predicted molar refractivity (Wildman–Crippen MR) is 104 cm³/mol. The fraction of sp³-hybridized carbons (Fsp3) is 0.300. The molecule has 0 radical (unpaired) electrons. The minimum atomic E-state index is -2.30. The monoisotopic (exact) mass is 388 g/mol. The number of likely N-dealkylation sites (tertiary alicyclic amines) is 1. The topological polar surface area (TPSA) is 41.0 Å². The Balaban J connectivity index is 1.62. The quantitative estimate of drug-likeness (QED) is 0.687. The number of hydrogen-bond acceptors (Lipinski definition) is 4. The van der Waals surface area contributed by atoms with Crippen molar-refractivity contribution in [2.24, 2.45) is 0 Å². The molecule has 1 fully saturated rings. The smallest absolute Gasteiger partial charge is 0.251 e. The Morgan fingerprint density at radius 1 is 1.07 bits per heavy atom. The SMILES string of the molecule is FC(F)CN1CCC(Nc2nnc(-c3ccc(Cl)cc3)c3ccccc23)C1. The first-order chi connectivity index (χ1) is 13.1. The summed E-state index contributed by atoms with van der Waals surface area (Å²) in [6.45, 7) is 1.07. The molecule has 1 aliphatic heterocycles. The van der Waals surface area contributed by atoms with Gasteiger partial charge in [-0.2, -0.15) is 0 Å². The second-order valence-electron chi connectivity index (χ2n) is 6.73. The molecule has 0 amide bonds. The van der Waals surface area contributed by atoms with E-state index in [0.717, 1.165) is 28.5 Å². The molecule has 0 saturated carbocycles. The first kappa shape index (κ1) is 18.1. The molecule has 2 heterocycles. The van der Waals surface area contributed by atoms with E-state index in [-0.39, 0.29) is 12.6 Å². The van der Waals surface area contributed by atoms with E-state index in [9.17, 15) is 8.78 Å². The van der Waals surface area contributed by atoms with Gasteiger partial charge in [-0.3, -0.25) is 4.90 Å². The average Bonchev–Trinajstić information content (AvgIpc) is 3.09. The highest BCUT2D eigenvalue weighted by atomic mass is 35.5. The Hall–Kier alpha value is -2.31. The lowest BCUT2D eigenvalue weighted by molar-refractivity contribution is 0.0993. The molecule has 4 rings (SSSR count). The van der Waals surface area contributed by atoms with E-state index in [0.29, 0.717) is 23.9 Å². The zero-order valence-corrected chi connectivity index (χ0v) is 15.3. The normalized spacial score (nSPS) is 17.7. The van der Waals surface area contributed by atoms with Crippen LogP contribution in [-0.4, -0.2) is 47.2 Å². The van der Waals surface area contributed by atoms with E-state index in [2.05, 4.69) is 15.5 Å². The summed E-state index contributed by atoms with van der Waals surface area (Å²) in [5.41, 5.74) is 1.73. The summed E-state index contributed by atoms with van der Waals surface area (Å²) < 4.78 is 25.2. The number of fused-ring (bicyclic) bond motifs is 1. The van der Waals surface area contributed by atoms with Crippen LogP contribution in [0.2, 0.25) is 5.02 Å². The van der Waals surface area contributed by atoms with Gasteiger partial charge < -0.3 is 5.32 Å². The third-order valence-electron chi connectivity index (χ3n) is 4.81. The van der Waals surface area contributed by atoms with Gasteiger partial charge in [0.1, 0.15) is 5.69 Å². The van der Waals surface area contributed by atoms with Crippen molar-refractivity contribution < 1.29 is 8.78 Å². The summed E-state index contributed by atoms with van der Waals surface area (Å²) in [4.78, 5) is 1.78. The number of alkyl halides is 2.